The molecule has 1 nitrogen and oxygen atoms in total. The minimum absolute atomic E-state index is 0.0704. The molecule has 0 heterocycles. The van der Waals surface area contributed by atoms with Crippen LogP contribution in [0.1, 0.15) is 53.4 Å². The predicted molar refractivity (Wildman–Crippen MR) is 52.7 cm³/mol. The average molecular weight is 167 g/mol. The van der Waals surface area contributed by atoms with Crippen LogP contribution in [-0.4, -0.2) is 0 Å². The Morgan fingerprint density at radius 2 is 1.92 bits per heavy atom. The summed E-state index contributed by atoms with van der Waals surface area (Å²) in [7, 11) is 0. The molecule has 0 aromatic carbocycles. The second-order valence-corrected chi connectivity index (χ2v) is 4.35. The molecular weight excluding hydrogens is 146 g/mol. The first-order chi connectivity index (χ1) is 5.54. The van der Waals surface area contributed by atoms with Crippen molar-refractivity contribution in [1.29, 1.82) is 5.26 Å². The largest absolute Gasteiger partial charge is 0.198 e. The summed E-state index contributed by atoms with van der Waals surface area (Å²) >= 11 is 0. The van der Waals surface area contributed by atoms with Gasteiger partial charge in [0.25, 0.3) is 0 Å². The monoisotopic (exact) mass is 167 g/mol. The minimum atomic E-state index is -0.0704. The molecule has 0 saturated carbocycles. The second kappa shape index (κ2) is 5.19. The summed E-state index contributed by atoms with van der Waals surface area (Å²) in [6.07, 6.45) is 4.37. The van der Waals surface area contributed by atoms with Crippen LogP contribution in [0.2, 0.25) is 0 Å². The first kappa shape index (κ1) is 11.5. The molecule has 0 aromatic rings. The normalized spacial score (nSPS) is 15.7. The van der Waals surface area contributed by atoms with E-state index in [1.54, 1.807) is 0 Å². The Morgan fingerprint density at radius 3 is 2.25 bits per heavy atom. The van der Waals surface area contributed by atoms with E-state index in [9.17, 15) is 0 Å². The van der Waals surface area contributed by atoms with Crippen LogP contribution in [0.25, 0.3) is 0 Å². The molecule has 0 aliphatic heterocycles. The zero-order valence-electron chi connectivity index (χ0n) is 8.85. The van der Waals surface area contributed by atoms with Crippen molar-refractivity contribution in [2.24, 2.45) is 11.3 Å². The quantitative estimate of drug-likeness (QED) is 0.611. The molecule has 0 N–H and O–H groups in total. The molecule has 0 aromatic heterocycles. The van der Waals surface area contributed by atoms with Crippen molar-refractivity contribution in [3.8, 4) is 6.07 Å². The minimum Gasteiger partial charge on any atom is -0.198 e. The number of hydrogen-bond acceptors (Lipinski definition) is 1. The molecule has 1 unspecified atom stereocenters. The molecule has 0 amide bonds. The van der Waals surface area contributed by atoms with Crippen LogP contribution < -0.4 is 0 Å². The van der Waals surface area contributed by atoms with Gasteiger partial charge in [0.05, 0.1) is 11.5 Å². The van der Waals surface area contributed by atoms with Gasteiger partial charge in [0.15, 0.2) is 0 Å². The Morgan fingerprint density at radius 1 is 1.33 bits per heavy atom. The molecule has 12 heavy (non-hydrogen) atoms. The Balaban J connectivity index is 3.90. The summed E-state index contributed by atoms with van der Waals surface area (Å²) < 4.78 is 0. The Hall–Kier alpha value is -0.510. The van der Waals surface area contributed by atoms with E-state index in [0.717, 1.165) is 25.2 Å². The van der Waals surface area contributed by atoms with Crippen LogP contribution in [0.3, 0.4) is 0 Å². The topological polar surface area (TPSA) is 23.8 Å². The lowest BCUT2D eigenvalue weighted by atomic mass is 9.81. The highest BCUT2D eigenvalue weighted by atomic mass is 14.3. The van der Waals surface area contributed by atoms with Crippen LogP contribution in [-0.2, 0) is 0 Å². The Bertz CT molecular complexity index is 155. The van der Waals surface area contributed by atoms with E-state index < -0.39 is 0 Å². The van der Waals surface area contributed by atoms with Gasteiger partial charge in [-0.1, -0.05) is 27.2 Å². The standard InChI is InChI=1S/C11H21N/c1-5-7-11(4,9-12)8-6-10(2)3/h10H,5-8H2,1-4H3. The second-order valence-electron chi connectivity index (χ2n) is 4.35. The van der Waals surface area contributed by atoms with E-state index in [1.165, 1.54) is 6.42 Å². The van der Waals surface area contributed by atoms with E-state index in [2.05, 4.69) is 33.8 Å². The SMILES string of the molecule is CCCC(C)(C#N)CCC(C)C. The lowest BCUT2D eigenvalue weighted by molar-refractivity contribution is 0.334. The first-order valence-corrected chi connectivity index (χ1v) is 4.95. The van der Waals surface area contributed by atoms with E-state index >= 15 is 0 Å². The molecule has 0 aliphatic carbocycles. The molecule has 1 heteroatoms. The summed E-state index contributed by atoms with van der Waals surface area (Å²) in [6.45, 7) is 8.65. The summed E-state index contributed by atoms with van der Waals surface area (Å²) in [5.41, 5.74) is -0.0704. The molecule has 70 valence electrons. The highest BCUT2D eigenvalue weighted by Crippen LogP contribution is 2.29. The van der Waals surface area contributed by atoms with Gasteiger partial charge in [-0.25, -0.2) is 0 Å². The van der Waals surface area contributed by atoms with E-state index in [0.29, 0.717) is 0 Å². The van der Waals surface area contributed by atoms with Crippen molar-refractivity contribution >= 4 is 0 Å². The van der Waals surface area contributed by atoms with Crippen LogP contribution in [0.15, 0.2) is 0 Å². The van der Waals surface area contributed by atoms with Crippen molar-refractivity contribution < 1.29 is 0 Å². The Labute approximate surface area is 76.8 Å². The molecule has 0 saturated heterocycles. The van der Waals surface area contributed by atoms with E-state index in [-0.39, 0.29) is 5.41 Å². The van der Waals surface area contributed by atoms with Crippen LogP contribution >= 0.6 is 0 Å². The van der Waals surface area contributed by atoms with Gasteiger partial charge in [0.2, 0.25) is 0 Å². The van der Waals surface area contributed by atoms with Crippen molar-refractivity contribution in [1.82, 2.24) is 0 Å². The van der Waals surface area contributed by atoms with Gasteiger partial charge in [-0.2, -0.15) is 5.26 Å². The lowest BCUT2D eigenvalue weighted by Gasteiger charge is -2.21. The third-order valence-electron chi connectivity index (χ3n) is 2.35. The number of nitrogens with zero attached hydrogens (tertiary/aromatic N) is 1. The maximum Gasteiger partial charge on any atom is 0.0686 e. The zero-order chi connectivity index (χ0) is 9.61. The van der Waals surface area contributed by atoms with Gasteiger partial charge in [-0.15, -0.1) is 0 Å². The van der Waals surface area contributed by atoms with Crippen LogP contribution in [0.4, 0.5) is 0 Å². The highest BCUT2D eigenvalue weighted by molar-refractivity contribution is 4.94. The van der Waals surface area contributed by atoms with Crippen molar-refractivity contribution in [2.75, 3.05) is 0 Å². The van der Waals surface area contributed by atoms with Gasteiger partial charge in [0, 0.05) is 0 Å². The number of hydrogen-bond donors (Lipinski definition) is 0. The van der Waals surface area contributed by atoms with Gasteiger partial charge in [0.1, 0.15) is 0 Å². The maximum absolute atomic E-state index is 8.98. The highest BCUT2D eigenvalue weighted by Gasteiger charge is 2.22. The smallest absolute Gasteiger partial charge is 0.0686 e. The molecule has 0 radical (unpaired) electrons. The van der Waals surface area contributed by atoms with Gasteiger partial charge < -0.3 is 0 Å². The van der Waals surface area contributed by atoms with Crippen molar-refractivity contribution in [3.63, 3.8) is 0 Å². The fourth-order valence-corrected chi connectivity index (χ4v) is 1.40. The fraction of sp³-hybridized carbons (Fsp3) is 0.909. The number of rotatable bonds is 5. The molecule has 0 fully saturated rings. The van der Waals surface area contributed by atoms with Gasteiger partial charge in [-0.3, -0.25) is 0 Å². The predicted octanol–water partition coefficient (Wildman–Crippen LogP) is 3.75. The molecule has 1 atom stereocenters. The summed E-state index contributed by atoms with van der Waals surface area (Å²) in [5.74, 6) is 0.717. The first-order valence-electron chi connectivity index (χ1n) is 4.95. The molecule has 0 bridgehead atoms. The third kappa shape index (κ3) is 4.38. The maximum atomic E-state index is 8.98. The molecule has 0 rings (SSSR count). The van der Waals surface area contributed by atoms with E-state index in [1.807, 2.05) is 0 Å². The summed E-state index contributed by atoms with van der Waals surface area (Å²) in [4.78, 5) is 0. The van der Waals surface area contributed by atoms with Crippen molar-refractivity contribution in [3.05, 3.63) is 0 Å². The Kier molecular flexibility index (Phi) is 4.97. The van der Waals surface area contributed by atoms with E-state index in [4.69, 9.17) is 5.26 Å². The van der Waals surface area contributed by atoms with Crippen LogP contribution in [0.5, 0.6) is 0 Å². The molecule has 0 spiro atoms. The van der Waals surface area contributed by atoms with Gasteiger partial charge in [-0.05, 0) is 32.1 Å². The van der Waals surface area contributed by atoms with Gasteiger partial charge >= 0.3 is 0 Å². The summed E-state index contributed by atoms with van der Waals surface area (Å²) in [6, 6.07) is 2.43. The summed E-state index contributed by atoms with van der Waals surface area (Å²) in [5, 5.41) is 8.98. The van der Waals surface area contributed by atoms with Crippen molar-refractivity contribution in [2.45, 2.75) is 53.4 Å². The third-order valence-corrected chi connectivity index (χ3v) is 2.35. The zero-order valence-corrected chi connectivity index (χ0v) is 8.85. The molecule has 0 aliphatic rings. The number of nitriles is 1. The molecular formula is C11H21N. The average Bonchev–Trinajstić information content (AvgIpc) is 2.02. The van der Waals surface area contributed by atoms with Crippen LogP contribution in [0, 0.1) is 22.7 Å². The lowest BCUT2D eigenvalue weighted by Crippen LogP contribution is -2.14. The fourth-order valence-electron chi connectivity index (χ4n) is 1.40.